The van der Waals surface area contributed by atoms with E-state index in [0.29, 0.717) is 25.2 Å². The van der Waals surface area contributed by atoms with Crippen LogP contribution in [0, 0.1) is 0 Å². The van der Waals surface area contributed by atoms with Crippen LogP contribution in [-0.2, 0) is 14.3 Å². The number of hydrogen-bond donors (Lipinski definition) is 0. The molecule has 13 heavy (non-hydrogen) atoms. The largest absolute Gasteiger partial charge is 0.347 e. The second-order valence-corrected chi connectivity index (χ2v) is 3.69. The number of halogens is 1. The monoisotopic (exact) mass is 206 g/mol. The van der Waals surface area contributed by atoms with Crippen LogP contribution in [0.5, 0.6) is 0 Å². The van der Waals surface area contributed by atoms with E-state index < -0.39 is 5.79 Å². The van der Waals surface area contributed by atoms with Gasteiger partial charge in [0.05, 0.1) is 12.7 Å². The lowest BCUT2D eigenvalue weighted by molar-refractivity contribution is -0.187. The third-order valence-corrected chi connectivity index (χ3v) is 2.57. The minimum atomic E-state index is -0.396. The van der Waals surface area contributed by atoms with Gasteiger partial charge in [0.25, 0.3) is 0 Å². The molecule has 0 aromatic rings. The summed E-state index contributed by atoms with van der Waals surface area (Å²) in [5, 5.41) is 0. The molecule has 0 radical (unpaired) electrons. The average Bonchev–Trinajstić information content (AvgIpc) is 2.40. The fraction of sp³-hybridized carbons (Fsp3) is 0.889. The highest BCUT2D eigenvalue weighted by molar-refractivity contribution is 5.85. The quantitative estimate of drug-likeness (QED) is 0.605. The van der Waals surface area contributed by atoms with E-state index in [1.165, 1.54) is 0 Å². The zero-order valence-corrected chi connectivity index (χ0v) is 8.56. The van der Waals surface area contributed by atoms with Crippen LogP contribution < -0.4 is 0 Å². The standard InChI is InChI=1S/C9H14O3.ClH/c1-7-6-11-9(12-7)4-2-8(10)3-5-9;/h7H,2-6H2,1H3;1H. The van der Waals surface area contributed by atoms with Crippen LogP contribution in [0.1, 0.15) is 32.6 Å². The predicted molar refractivity (Wildman–Crippen MR) is 50.0 cm³/mol. The van der Waals surface area contributed by atoms with Crippen LogP contribution in [0.25, 0.3) is 0 Å². The number of carbonyl (C=O) groups is 1. The zero-order valence-electron chi connectivity index (χ0n) is 7.75. The number of ether oxygens (including phenoxy) is 2. The highest BCUT2D eigenvalue weighted by atomic mass is 35.5. The summed E-state index contributed by atoms with van der Waals surface area (Å²) in [5.74, 6) is -0.0553. The molecule has 0 amide bonds. The summed E-state index contributed by atoms with van der Waals surface area (Å²) in [4.78, 5) is 11.0. The van der Waals surface area contributed by atoms with Crippen molar-refractivity contribution < 1.29 is 14.3 Å². The lowest BCUT2D eigenvalue weighted by atomic mass is 9.93. The molecule has 0 bridgehead atoms. The third kappa shape index (κ3) is 2.22. The summed E-state index contributed by atoms with van der Waals surface area (Å²) in [6.07, 6.45) is 2.92. The van der Waals surface area contributed by atoms with E-state index in [1.807, 2.05) is 6.92 Å². The van der Waals surface area contributed by atoms with Crippen LogP contribution in [0.15, 0.2) is 0 Å². The summed E-state index contributed by atoms with van der Waals surface area (Å²) in [6.45, 7) is 2.68. The van der Waals surface area contributed by atoms with Gasteiger partial charge in [0.1, 0.15) is 5.78 Å². The molecule has 0 aromatic carbocycles. The van der Waals surface area contributed by atoms with Gasteiger partial charge in [0.15, 0.2) is 5.79 Å². The third-order valence-electron chi connectivity index (χ3n) is 2.57. The van der Waals surface area contributed by atoms with Gasteiger partial charge in [-0.1, -0.05) is 0 Å². The Morgan fingerprint density at radius 3 is 2.46 bits per heavy atom. The van der Waals surface area contributed by atoms with Gasteiger partial charge in [-0.15, -0.1) is 12.4 Å². The highest BCUT2D eigenvalue weighted by Gasteiger charge is 2.42. The number of rotatable bonds is 0. The van der Waals surface area contributed by atoms with Crippen molar-refractivity contribution in [3.05, 3.63) is 0 Å². The van der Waals surface area contributed by atoms with E-state index in [0.717, 1.165) is 12.8 Å². The molecule has 2 aliphatic rings. The molecule has 1 unspecified atom stereocenters. The van der Waals surface area contributed by atoms with Crippen LogP contribution in [0.4, 0.5) is 0 Å². The molecule has 2 rings (SSSR count). The molecule has 1 spiro atoms. The Kier molecular flexibility index (Phi) is 3.33. The Balaban J connectivity index is 0.000000845. The van der Waals surface area contributed by atoms with E-state index in [9.17, 15) is 4.79 Å². The molecular formula is C9H15ClO3. The topological polar surface area (TPSA) is 35.5 Å². The fourth-order valence-corrected chi connectivity index (χ4v) is 1.88. The molecule has 1 atom stereocenters. The maximum Gasteiger partial charge on any atom is 0.169 e. The maximum absolute atomic E-state index is 11.0. The lowest BCUT2D eigenvalue weighted by Gasteiger charge is -2.30. The summed E-state index contributed by atoms with van der Waals surface area (Å²) in [6, 6.07) is 0. The van der Waals surface area contributed by atoms with Gasteiger partial charge in [-0.2, -0.15) is 0 Å². The van der Waals surface area contributed by atoms with Gasteiger partial charge in [-0.05, 0) is 6.92 Å². The number of Topliss-reactive ketones (excluding diaryl/α,β-unsaturated/α-hetero) is 1. The molecule has 1 aliphatic carbocycles. The molecule has 0 N–H and O–H groups in total. The van der Waals surface area contributed by atoms with E-state index in [1.54, 1.807) is 0 Å². The normalized spacial score (nSPS) is 31.8. The Hall–Kier alpha value is -0.120. The molecular weight excluding hydrogens is 192 g/mol. The molecule has 3 nitrogen and oxygen atoms in total. The smallest absolute Gasteiger partial charge is 0.169 e. The van der Waals surface area contributed by atoms with E-state index in [2.05, 4.69) is 0 Å². The second-order valence-electron chi connectivity index (χ2n) is 3.69. The lowest BCUT2D eigenvalue weighted by Crippen LogP contribution is -2.35. The molecule has 4 heteroatoms. The molecule has 1 saturated heterocycles. The maximum atomic E-state index is 11.0. The van der Waals surface area contributed by atoms with Crippen molar-refractivity contribution in [2.45, 2.75) is 44.5 Å². The minimum absolute atomic E-state index is 0. The van der Waals surface area contributed by atoms with Gasteiger partial charge < -0.3 is 9.47 Å². The highest BCUT2D eigenvalue weighted by Crippen LogP contribution is 2.36. The van der Waals surface area contributed by atoms with Crippen LogP contribution in [0.3, 0.4) is 0 Å². The Morgan fingerprint density at radius 2 is 2.00 bits per heavy atom. The van der Waals surface area contributed by atoms with Crippen molar-refractivity contribution in [1.29, 1.82) is 0 Å². The van der Waals surface area contributed by atoms with Gasteiger partial charge >= 0.3 is 0 Å². The van der Waals surface area contributed by atoms with Crippen molar-refractivity contribution in [2.75, 3.05) is 6.61 Å². The van der Waals surface area contributed by atoms with E-state index in [-0.39, 0.29) is 18.5 Å². The van der Waals surface area contributed by atoms with Crippen molar-refractivity contribution in [2.24, 2.45) is 0 Å². The predicted octanol–water partition coefficient (Wildman–Crippen LogP) is 1.68. The number of hydrogen-bond acceptors (Lipinski definition) is 3. The number of ketones is 1. The Morgan fingerprint density at radius 1 is 1.38 bits per heavy atom. The Labute approximate surface area is 84.2 Å². The van der Waals surface area contributed by atoms with Crippen molar-refractivity contribution in [3.63, 3.8) is 0 Å². The van der Waals surface area contributed by atoms with Crippen molar-refractivity contribution >= 4 is 18.2 Å². The van der Waals surface area contributed by atoms with Crippen molar-refractivity contribution in [1.82, 2.24) is 0 Å². The number of carbonyl (C=O) groups excluding carboxylic acids is 1. The van der Waals surface area contributed by atoms with Crippen molar-refractivity contribution in [3.8, 4) is 0 Å². The van der Waals surface area contributed by atoms with Gasteiger partial charge in [0, 0.05) is 25.7 Å². The van der Waals surface area contributed by atoms with E-state index in [4.69, 9.17) is 9.47 Å². The van der Waals surface area contributed by atoms with E-state index >= 15 is 0 Å². The SMILES string of the molecule is CC1COC2(CCC(=O)CC2)O1.Cl. The Bertz CT molecular complexity index is 195. The fourth-order valence-electron chi connectivity index (χ4n) is 1.88. The average molecular weight is 207 g/mol. The van der Waals surface area contributed by atoms with Gasteiger partial charge in [-0.3, -0.25) is 4.79 Å². The molecule has 2 fully saturated rings. The van der Waals surface area contributed by atoms with Gasteiger partial charge in [-0.25, -0.2) is 0 Å². The first-order valence-electron chi connectivity index (χ1n) is 4.54. The second kappa shape index (κ2) is 3.95. The molecule has 1 saturated carbocycles. The summed E-state index contributed by atoms with van der Waals surface area (Å²) < 4.78 is 11.2. The first-order chi connectivity index (χ1) is 5.70. The first kappa shape index (κ1) is 11.0. The summed E-state index contributed by atoms with van der Waals surface area (Å²) >= 11 is 0. The summed E-state index contributed by atoms with van der Waals surface area (Å²) in [5.41, 5.74) is 0. The summed E-state index contributed by atoms with van der Waals surface area (Å²) in [7, 11) is 0. The van der Waals surface area contributed by atoms with Crippen LogP contribution in [0.2, 0.25) is 0 Å². The molecule has 1 heterocycles. The minimum Gasteiger partial charge on any atom is -0.347 e. The van der Waals surface area contributed by atoms with Gasteiger partial charge in [0.2, 0.25) is 0 Å². The molecule has 0 aromatic heterocycles. The first-order valence-corrected chi connectivity index (χ1v) is 4.54. The van der Waals surface area contributed by atoms with Crippen LogP contribution >= 0.6 is 12.4 Å². The molecule has 76 valence electrons. The molecule has 1 aliphatic heterocycles. The van der Waals surface area contributed by atoms with Crippen LogP contribution in [-0.4, -0.2) is 24.3 Å². The zero-order chi connectivity index (χ0) is 8.60.